The molecule has 0 aliphatic carbocycles. The normalized spacial score (nSPS) is 11.5. The second-order valence-corrected chi connectivity index (χ2v) is 31.9. The van der Waals surface area contributed by atoms with E-state index in [4.69, 9.17) is 19.9 Å². The van der Waals surface area contributed by atoms with Crippen molar-refractivity contribution in [1.82, 2.24) is 29.1 Å². The Balaban J connectivity index is 0.000000143. The van der Waals surface area contributed by atoms with Crippen molar-refractivity contribution in [3.63, 3.8) is 0 Å². The van der Waals surface area contributed by atoms with Gasteiger partial charge < -0.3 is 9.13 Å². The van der Waals surface area contributed by atoms with E-state index in [0.29, 0.717) is 11.6 Å². The number of hydrogen-bond acceptors (Lipinski definition) is 4. The second kappa shape index (κ2) is 31.0. The van der Waals surface area contributed by atoms with E-state index < -0.39 is 0 Å². The van der Waals surface area contributed by atoms with Gasteiger partial charge in [-0.25, -0.2) is 19.9 Å². The van der Waals surface area contributed by atoms with Gasteiger partial charge in [-0.1, -0.05) is 352 Å². The zero-order chi connectivity index (χ0) is 82.0. The van der Waals surface area contributed by atoms with E-state index >= 15 is 0 Å². The Bertz CT molecular complexity index is 8200. The predicted molar refractivity (Wildman–Crippen MR) is 520 cm³/mol. The molecule has 0 fully saturated rings. The van der Waals surface area contributed by atoms with Gasteiger partial charge in [-0.2, -0.15) is 0 Å². The molecule has 4 aromatic heterocycles. The summed E-state index contributed by atoms with van der Waals surface area (Å²) in [5, 5.41) is 14.3. The maximum absolute atomic E-state index is 5.39. The Morgan fingerprint density at radius 1 is 0.153 bits per heavy atom. The van der Waals surface area contributed by atoms with Gasteiger partial charge in [0.2, 0.25) is 0 Å². The van der Waals surface area contributed by atoms with Gasteiger partial charge in [-0.15, -0.1) is 0 Å². The zero-order valence-corrected chi connectivity index (χ0v) is 67.6. The smallest absolute Gasteiger partial charge is 0.160 e. The Morgan fingerprint density at radius 3 is 0.887 bits per heavy atom. The molecule has 0 aliphatic rings. The minimum atomic E-state index is 0.685. The van der Waals surface area contributed by atoms with Crippen LogP contribution < -0.4 is 0 Å². The molecular formula is C118H76N6. The van der Waals surface area contributed by atoms with E-state index in [2.05, 4.69) is 470 Å². The monoisotopic (exact) mass is 1580 g/mol. The van der Waals surface area contributed by atoms with Crippen LogP contribution in [-0.2, 0) is 0 Å². The minimum absolute atomic E-state index is 0.685. The molecule has 6 heteroatoms. The molecule has 6 nitrogen and oxygen atoms in total. The fourth-order valence-corrected chi connectivity index (χ4v) is 18.6. The molecule has 0 atom stereocenters. The Hall–Kier alpha value is -16.5. The van der Waals surface area contributed by atoms with Crippen molar-refractivity contribution in [2.24, 2.45) is 0 Å². The van der Waals surface area contributed by atoms with Gasteiger partial charge in [-0.05, 0) is 219 Å². The lowest BCUT2D eigenvalue weighted by molar-refractivity contribution is 1.17. The van der Waals surface area contributed by atoms with Gasteiger partial charge in [0.05, 0.1) is 44.5 Å². The third-order valence-electron chi connectivity index (χ3n) is 24.6. The third kappa shape index (κ3) is 13.1. The van der Waals surface area contributed by atoms with E-state index in [1.807, 2.05) is 0 Å². The maximum atomic E-state index is 5.39. The number of hydrogen-bond donors (Lipinski definition) is 0. The highest BCUT2D eigenvalue weighted by atomic mass is 15.0. The van der Waals surface area contributed by atoms with Crippen LogP contribution in [0.15, 0.2) is 461 Å². The summed E-state index contributed by atoms with van der Waals surface area (Å²) in [6.07, 6.45) is 0. The Morgan fingerprint density at radius 2 is 0.452 bits per heavy atom. The molecule has 0 bridgehead atoms. The van der Waals surface area contributed by atoms with E-state index in [1.54, 1.807) is 0 Å². The van der Waals surface area contributed by atoms with Crippen molar-refractivity contribution in [2.45, 2.75) is 0 Å². The molecule has 124 heavy (non-hydrogen) atoms. The van der Waals surface area contributed by atoms with Crippen LogP contribution in [0.4, 0.5) is 0 Å². The minimum Gasteiger partial charge on any atom is -0.309 e. The van der Waals surface area contributed by atoms with Crippen LogP contribution in [0.2, 0.25) is 0 Å². The molecule has 4 heterocycles. The predicted octanol–water partition coefficient (Wildman–Crippen LogP) is 31.3. The summed E-state index contributed by atoms with van der Waals surface area (Å²) in [7, 11) is 0. The molecule has 20 aromatic carbocycles. The van der Waals surface area contributed by atoms with Gasteiger partial charge in [0.15, 0.2) is 11.6 Å². The molecule has 0 unspecified atom stereocenters. The number of benzene rings is 20. The highest BCUT2D eigenvalue weighted by Gasteiger charge is 2.25. The summed E-state index contributed by atoms with van der Waals surface area (Å²) in [6, 6.07) is 165. The van der Waals surface area contributed by atoms with Crippen molar-refractivity contribution >= 4 is 97.7 Å². The van der Waals surface area contributed by atoms with E-state index in [9.17, 15) is 0 Å². The van der Waals surface area contributed by atoms with Crippen LogP contribution in [0.5, 0.6) is 0 Å². The second-order valence-electron chi connectivity index (χ2n) is 31.9. The lowest BCUT2D eigenvalue weighted by atomic mass is 9.89. The van der Waals surface area contributed by atoms with Gasteiger partial charge in [0, 0.05) is 65.9 Å². The first-order chi connectivity index (χ1) is 61.5. The Labute approximate surface area is 717 Å². The summed E-state index contributed by atoms with van der Waals surface area (Å²) in [4.78, 5) is 21.5. The zero-order valence-electron chi connectivity index (χ0n) is 67.6. The van der Waals surface area contributed by atoms with E-state index in [0.717, 1.165) is 106 Å². The highest BCUT2D eigenvalue weighted by Crippen LogP contribution is 2.47. The van der Waals surface area contributed by atoms with Crippen LogP contribution in [0.25, 0.3) is 232 Å². The Kier molecular flexibility index (Phi) is 18.2. The first-order valence-corrected chi connectivity index (χ1v) is 42.3. The summed E-state index contributed by atoms with van der Waals surface area (Å²) in [5.41, 5.74) is 30.9. The third-order valence-corrected chi connectivity index (χ3v) is 24.6. The van der Waals surface area contributed by atoms with Crippen molar-refractivity contribution in [3.05, 3.63) is 461 Å². The molecule has 0 saturated carbocycles. The molecule has 0 saturated heterocycles. The fraction of sp³-hybridized carbons (Fsp3) is 0. The molecular weight excluding hydrogens is 1500 g/mol. The molecule has 0 N–H and O–H groups in total. The van der Waals surface area contributed by atoms with Crippen LogP contribution in [0.1, 0.15) is 0 Å². The number of rotatable bonds is 13. The lowest BCUT2D eigenvalue weighted by Crippen LogP contribution is -1.98. The number of fused-ring (bicyclic) bond motifs is 11. The molecule has 0 spiro atoms. The molecule has 24 aromatic rings. The number of nitrogens with zero attached hydrogens (tertiary/aromatic N) is 6. The summed E-state index contributed by atoms with van der Waals surface area (Å²) in [5.74, 6) is 1.37. The fourth-order valence-electron chi connectivity index (χ4n) is 18.6. The number of aromatic nitrogens is 6. The van der Waals surface area contributed by atoms with Gasteiger partial charge >= 0.3 is 0 Å². The van der Waals surface area contributed by atoms with Crippen LogP contribution >= 0.6 is 0 Å². The standard InChI is InChI=1S/C60H39N3.C58H37N3/c1-5-16-40(17-6-1)41-28-30-44(31-29-41)52-39-55-53(38-51(52)43-20-9-3-10-21-43)59(45-22-11-4-12-23-45)62-60(61-55)46-32-34-49(35-33-46)63-56-27-15-26-50(42-18-7-2-8-19-42)58(56)54-36-47-24-13-14-25-48(47)37-57(54)63;1-4-16-39(17-5-1)47-27-15-29-54-56(47)52-34-43-23-10-11-24-44(43)35-55(52)61(54)45-32-30-42(31-33-45)58-59-53-37-50(48-28-14-25-38-20-12-13-26-46(38)48)49(40-18-6-2-7-19-40)36-51(53)57(60-58)41-21-8-3-9-22-41/h1-39H;1-37H. The average Bonchev–Trinajstić information content (AvgIpc) is 1.54. The van der Waals surface area contributed by atoms with Gasteiger partial charge in [-0.3, -0.25) is 0 Å². The summed E-state index contributed by atoms with van der Waals surface area (Å²) in [6.45, 7) is 0. The molecule has 0 aliphatic heterocycles. The summed E-state index contributed by atoms with van der Waals surface area (Å²) < 4.78 is 4.82. The van der Waals surface area contributed by atoms with Crippen molar-refractivity contribution in [3.8, 4) is 135 Å². The highest BCUT2D eigenvalue weighted by molar-refractivity contribution is 6.21. The average molecular weight is 1580 g/mol. The van der Waals surface area contributed by atoms with Crippen LogP contribution in [0.3, 0.4) is 0 Å². The van der Waals surface area contributed by atoms with Gasteiger partial charge in [0.25, 0.3) is 0 Å². The SMILES string of the molecule is c1ccc(-c2cc3c(-c4ccccc4)nc(-c4ccc(-n5c6cc7ccccc7cc6c6c(-c7ccccc7)cccc65)cc4)nc3cc2-c2cccc3ccccc23)cc1.c1ccc(-c2ccc(-c3cc4nc(-c5ccc(-n6c7cc8ccccc8cc7c7c(-c8ccccc8)cccc76)cc5)nc(-c5ccccc5)c4cc3-c3ccccc3)cc2)cc1. The van der Waals surface area contributed by atoms with Crippen molar-refractivity contribution in [2.75, 3.05) is 0 Å². The lowest BCUT2D eigenvalue weighted by Gasteiger charge is -2.17. The molecule has 0 amide bonds. The summed E-state index contributed by atoms with van der Waals surface area (Å²) >= 11 is 0. The quantitative estimate of drug-likeness (QED) is 0.115. The van der Waals surface area contributed by atoms with Gasteiger partial charge in [0.1, 0.15) is 0 Å². The van der Waals surface area contributed by atoms with Crippen molar-refractivity contribution in [1.29, 1.82) is 0 Å². The van der Waals surface area contributed by atoms with Crippen LogP contribution in [-0.4, -0.2) is 29.1 Å². The molecule has 578 valence electrons. The van der Waals surface area contributed by atoms with Crippen molar-refractivity contribution < 1.29 is 0 Å². The first-order valence-electron chi connectivity index (χ1n) is 42.3. The van der Waals surface area contributed by atoms with E-state index in [-0.39, 0.29) is 0 Å². The first kappa shape index (κ1) is 72.7. The van der Waals surface area contributed by atoms with Crippen LogP contribution in [0, 0.1) is 0 Å². The molecule has 24 rings (SSSR count). The largest absolute Gasteiger partial charge is 0.309 e. The molecule has 0 radical (unpaired) electrons. The maximum Gasteiger partial charge on any atom is 0.160 e. The van der Waals surface area contributed by atoms with E-state index in [1.165, 1.54) is 115 Å². The topological polar surface area (TPSA) is 61.4 Å².